The van der Waals surface area contributed by atoms with Crippen LogP contribution in [0, 0.1) is 0 Å². The molecule has 0 amide bonds. The Morgan fingerprint density at radius 2 is 2.20 bits per heavy atom. The third-order valence-corrected chi connectivity index (χ3v) is 0.894. The molecule has 1 unspecified atom stereocenters. The molecule has 0 spiro atoms. The zero-order valence-electron chi connectivity index (χ0n) is 12.4. The van der Waals surface area contributed by atoms with Gasteiger partial charge in [-0.1, -0.05) is 19.7 Å². The van der Waals surface area contributed by atoms with Crippen LogP contribution in [0.5, 0.6) is 0 Å². The lowest BCUT2D eigenvalue weighted by Crippen LogP contribution is -2.12. The lowest BCUT2D eigenvalue weighted by atomic mass is 10.2. The molecule has 0 rings (SSSR count). The highest BCUT2D eigenvalue weighted by molar-refractivity contribution is 4.44. The molecule has 0 aromatic rings. The normalized spacial score (nSPS) is 25.5. The van der Waals surface area contributed by atoms with Crippen LogP contribution >= 0.6 is 0 Å². The van der Waals surface area contributed by atoms with Crippen molar-refractivity contribution in [3.8, 4) is 0 Å². The van der Waals surface area contributed by atoms with Gasteiger partial charge < -0.3 is 9.47 Å². The number of rotatable bonds is 6. The highest BCUT2D eigenvalue weighted by atomic mass is 16.7. The fourth-order valence-corrected chi connectivity index (χ4v) is 0.429. The van der Waals surface area contributed by atoms with E-state index in [4.69, 9.17) is 17.7 Å². The van der Waals surface area contributed by atoms with Crippen LogP contribution in [-0.2, 0) is 9.47 Å². The van der Waals surface area contributed by atoms with Gasteiger partial charge in [0, 0.05) is 22.4 Å². The third kappa shape index (κ3) is 4.77. The molecule has 1 atom stereocenters. The summed E-state index contributed by atoms with van der Waals surface area (Å²) in [4.78, 5) is 0. The van der Waals surface area contributed by atoms with E-state index in [1.54, 1.807) is 0 Å². The molecular formula is C8H18O2. The van der Waals surface area contributed by atoms with Crippen LogP contribution in [0.25, 0.3) is 0 Å². The van der Waals surface area contributed by atoms with Gasteiger partial charge in [0.15, 0.2) is 6.29 Å². The zero-order chi connectivity index (χ0) is 13.0. The predicted octanol–water partition coefficient (Wildman–Crippen LogP) is 2.19. The van der Waals surface area contributed by atoms with Crippen LogP contribution in [0.1, 0.15) is 40.7 Å². The Bertz CT molecular complexity index is 207. The summed E-state index contributed by atoms with van der Waals surface area (Å²) in [5, 5.41) is 0. The minimum absolute atomic E-state index is 0.264. The number of ether oxygens (including phenoxy) is 2. The summed E-state index contributed by atoms with van der Waals surface area (Å²) in [6.07, 6.45) is -7.31. The molecule has 0 aromatic carbocycles. The molecule has 0 aliphatic heterocycles. The van der Waals surface area contributed by atoms with Crippen molar-refractivity contribution in [2.24, 2.45) is 0 Å². The summed E-state index contributed by atoms with van der Waals surface area (Å²) in [5.41, 5.74) is 0. The molecule has 0 aromatic heterocycles. The maximum Gasteiger partial charge on any atom is 0.156 e. The second kappa shape index (κ2) is 7.03. The minimum atomic E-state index is -2.37. The number of hydrogen-bond donors (Lipinski definition) is 0. The molecule has 0 bridgehead atoms. The van der Waals surface area contributed by atoms with Gasteiger partial charge in [-0.2, -0.15) is 0 Å². The first kappa shape index (κ1) is 3.55. The molecule has 62 valence electrons. The maximum atomic E-state index is 7.65. The van der Waals surface area contributed by atoms with Crippen molar-refractivity contribution < 1.29 is 17.7 Å². The van der Waals surface area contributed by atoms with E-state index >= 15 is 0 Å². The number of methoxy groups -OCH3 is 2. The van der Waals surface area contributed by atoms with Crippen molar-refractivity contribution in [2.45, 2.75) is 38.8 Å². The van der Waals surface area contributed by atoms with E-state index in [1.807, 2.05) is 0 Å². The summed E-state index contributed by atoms with van der Waals surface area (Å²) >= 11 is 0. The summed E-state index contributed by atoms with van der Waals surface area (Å²) < 4.78 is 54.3. The SMILES string of the molecule is [2H]CC([2H])CC([2H])([2H])C([2H])([2H])C(OC)OC. The van der Waals surface area contributed by atoms with Crippen LogP contribution in [0.4, 0.5) is 0 Å². The molecule has 10 heavy (non-hydrogen) atoms. The highest BCUT2D eigenvalue weighted by Gasteiger charge is 2.02. The third-order valence-electron chi connectivity index (χ3n) is 0.894. The molecule has 0 aliphatic carbocycles. The maximum absolute atomic E-state index is 7.65. The van der Waals surface area contributed by atoms with Gasteiger partial charge in [0.25, 0.3) is 0 Å². The van der Waals surface area contributed by atoms with Crippen LogP contribution < -0.4 is 0 Å². The standard InChI is InChI=1S/C8H18O2/c1-4-5-6-7-8(9-2)10-3/h8H,4-7H2,1-3H3/i1D,4D,6D2,7D2. The fraction of sp³-hybridized carbons (Fsp3) is 1.00. The molecule has 2 nitrogen and oxygen atoms in total. The Hall–Kier alpha value is -0.0800. The van der Waals surface area contributed by atoms with Gasteiger partial charge in [-0.05, 0) is 12.7 Å². The molecule has 0 aliphatic rings. The van der Waals surface area contributed by atoms with Gasteiger partial charge >= 0.3 is 0 Å². The van der Waals surface area contributed by atoms with E-state index in [1.165, 1.54) is 14.2 Å². The largest absolute Gasteiger partial charge is 0.356 e. The van der Waals surface area contributed by atoms with Crippen molar-refractivity contribution >= 4 is 0 Å². The quantitative estimate of drug-likeness (QED) is 0.543. The average Bonchev–Trinajstić information content (AvgIpc) is 2.18. The van der Waals surface area contributed by atoms with E-state index < -0.39 is 25.4 Å². The lowest BCUT2D eigenvalue weighted by Gasteiger charge is -2.11. The summed E-state index contributed by atoms with van der Waals surface area (Å²) in [7, 11) is 2.45. The topological polar surface area (TPSA) is 18.5 Å². The van der Waals surface area contributed by atoms with Gasteiger partial charge in [-0.25, -0.2) is 0 Å². The Labute approximate surface area is 72.0 Å². The van der Waals surface area contributed by atoms with Crippen molar-refractivity contribution in [3.05, 3.63) is 0 Å². The zero-order valence-corrected chi connectivity index (χ0v) is 6.39. The van der Waals surface area contributed by atoms with E-state index in [0.29, 0.717) is 0 Å². The molecule has 0 N–H and O–H groups in total. The minimum Gasteiger partial charge on any atom is -0.356 e. The smallest absolute Gasteiger partial charge is 0.156 e. The lowest BCUT2D eigenvalue weighted by molar-refractivity contribution is -0.107. The first-order valence-corrected chi connectivity index (χ1v) is 3.00. The molecule has 0 fully saturated rings. The summed E-state index contributed by atoms with van der Waals surface area (Å²) in [6, 6.07) is 0. The van der Waals surface area contributed by atoms with E-state index in [9.17, 15) is 0 Å². The van der Waals surface area contributed by atoms with Crippen LogP contribution in [0.3, 0.4) is 0 Å². The van der Waals surface area contributed by atoms with Crippen molar-refractivity contribution in [1.29, 1.82) is 0 Å². The molecule has 0 saturated heterocycles. The number of hydrogen-bond acceptors (Lipinski definition) is 2. The van der Waals surface area contributed by atoms with Gasteiger partial charge in [0.05, 0.1) is 0 Å². The monoisotopic (exact) mass is 152 g/mol. The molecule has 2 heteroatoms. The first-order valence-electron chi connectivity index (χ1n) is 6.28. The molecule has 0 radical (unpaired) electrons. The van der Waals surface area contributed by atoms with Gasteiger partial charge in [-0.15, -0.1) is 0 Å². The van der Waals surface area contributed by atoms with Crippen LogP contribution in [0.15, 0.2) is 0 Å². The van der Waals surface area contributed by atoms with E-state index in [-0.39, 0.29) is 13.3 Å². The summed E-state index contributed by atoms with van der Waals surface area (Å²) in [6.45, 7) is -0.264. The molecule has 0 heterocycles. The van der Waals surface area contributed by atoms with Crippen LogP contribution in [0.2, 0.25) is 0 Å². The highest BCUT2D eigenvalue weighted by Crippen LogP contribution is 2.05. The molecular weight excluding hydrogens is 128 g/mol. The first-order chi connectivity index (χ1) is 7.22. The van der Waals surface area contributed by atoms with E-state index in [2.05, 4.69) is 0 Å². The molecule has 0 saturated carbocycles. The Morgan fingerprint density at radius 1 is 1.50 bits per heavy atom. The van der Waals surface area contributed by atoms with Gasteiger partial charge in [0.1, 0.15) is 0 Å². The Morgan fingerprint density at radius 3 is 2.70 bits per heavy atom. The van der Waals surface area contributed by atoms with Gasteiger partial charge in [-0.3, -0.25) is 0 Å². The Kier molecular flexibility index (Phi) is 2.49. The van der Waals surface area contributed by atoms with Crippen molar-refractivity contribution in [1.82, 2.24) is 0 Å². The van der Waals surface area contributed by atoms with E-state index in [0.717, 1.165) is 0 Å². The fourth-order valence-electron chi connectivity index (χ4n) is 0.429. The van der Waals surface area contributed by atoms with Crippen molar-refractivity contribution in [2.75, 3.05) is 14.2 Å². The van der Waals surface area contributed by atoms with Crippen molar-refractivity contribution in [3.63, 3.8) is 0 Å². The van der Waals surface area contributed by atoms with Gasteiger partial charge in [0.2, 0.25) is 0 Å². The average molecular weight is 152 g/mol. The summed E-state index contributed by atoms with van der Waals surface area (Å²) in [5.74, 6) is 0. The second-order valence-corrected chi connectivity index (χ2v) is 1.62. The van der Waals surface area contributed by atoms with Crippen LogP contribution in [-0.4, -0.2) is 20.5 Å². The Balaban J connectivity index is 4.81. The second-order valence-electron chi connectivity index (χ2n) is 1.62. The predicted molar refractivity (Wildman–Crippen MR) is 41.9 cm³/mol.